The maximum atomic E-state index is 10.1. The molecule has 4 heterocycles. The van der Waals surface area contributed by atoms with Crippen molar-refractivity contribution in [1.82, 2.24) is 14.9 Å². The average Bonchev–Trinajstić information content (AvgIpc) is 3.38. The third-order valence-electron chi connectivity index (χ3n) is 8.07. The van der Waals surface area contributed by atoms with Crippen molar-refractivity contribution in [2.45, 2.75) is 57.7 Å². The molecule has 0 radical (unpaired) electrons. The van der Waals surface area contributed by atoms with Crippen LogP contribution in [-0.2, 0) is 19.6 Å². The van der Waals surface area contributed by atoms with E-state index in [1.165, 1.54) is 30.4 Å². The predicted molar refractivity (Wildman–Crippen MR) is 125 cm³/mol. The fourth-order valence-corrected chi connectivity index (χ4v) is 6.19. The Morgan fingerprint density at radius 3 is 2.53 bits per heavy atom. The van der Waals surface area contributed by atoms with E-state index in [4.69, 9.17) is 20.7 Å². The Kier molecular flexibility index (Phi) is 4.91. The van der Waals surface area contributed by atoms with Crippen molar-refractivity contribution in [1.29, 1.82) is 0 Å². The Morgan fingerprint density at radius 2 is 1.78 bits per heavy atom. The van der Waals surface area contributed by atoms with Crippen molar-refractivity contribution in [3.63, 3.8) is 0 Å². The standard InChI is InChI=1S/C25H32N6O/c26-22-18-7-3-2-6-17(18)14-25(22)8-12-31(13-9-25)23-20(16-32)28-21-19(29-23)15-27-24(21)30-10-4-1-5-11-30/h2-3,6-7,22,32H,1,4-5,8-16,26H2/t22-/m1/s1. The number of piperidine rings is 2. The molecule has 1 aliphatic carbocycles. The lowest BCUT2D eigenvalue weighted by Crippen LogP contribution is -2.45. The van der Waals surface area contributed by atoms with Gasteiger partial charge in [-0.25, -0.2) is 9.97 Å². The summed E-state index contributed by atoms with van der Waals surface area (Å²) in [5.41, 5.74) is 12.1. The van der Waals surface area contributed by atoms with E-state index >= 15 is 0 Å². The highest BCUT2D eigenvalue weighted by Gasteiger charge is 2.46. The first-order valence-electron chi connectivity index (χ1n) is 12.1. The second-order valence-corrected chi connectivity index (χ2v) is 9.84. The fourth-order valence-electron chi connectivity index (χ4n) is 6.19. The molecule has 32 heavy (non-hydrogen) atoms. The first-order chi connectivity index (χ1) is 15.7. The van der Waals surface area contributed by atoms with E-state index in [0.29, 0.717) is 12.2 Å². The van der Waals surface area contributed by atoms with E-state index in [2.05, 4.69) is 34.1 Å². The average molecular weight is 433 g/mol. The van der Waals surface area contributed by atoms with Crippen LogP contribution in [0.15, 0.2) is 29.3 Å². The third kappa shape index (κ3) is 3.13. The fraction of sp³-hybridized carbons (Fsp3) is 0.560. The molecule has 0 unspecified atom stereocenters. The molecule has 1 spiro atoms. The zero-order chi connectivity index (χ0) is 21.7. The molecule has 1 atom stereocenters. The lowest BCUT2D eigenvalue weighted by atomic mass is 9.73. The molecule has 4 aliphatic rings. The molecule has 7 heteroatoms. The lowest BCUT2D eigenvalue weighted by molar-refractivity contribution is 0.186. The summed E-state index contributed by atoms with van der Waals surface area (Å²) in [4.78, 5) is 19.3. The van der Waals surface area contributed by atoms with Crippen LogP contribution in [0.5, 0.6) is 0 Å². The van der Waals surface area contributed by atoms with Crippen LogP contribution in [0, 0.1) is 5.41 Å². The maximum absolute atomic E-state index is 10.1. The first kappa shape index (κ1) is 20.1. The van der Waals surface area contributed by atoms with Gasteiger partial charge in [-0.05, 0) is 55.1 Å². The molecular formula is C25H32N6O. The quantitative estimate of drug-likeness (QED) is 0.758. The van der Waals surface area contributed by atoms with Crippen LogP contribution in [0.2, 0.25) is 0 Å². The molecular weight excluding hydrogens is 400 g/mol. The molecule has 2 fully saturated rings. The Bertz CT molecular complexity index is 1050. The van der Waals surface area contributed by atoms with E-state index in [0.717, 1.165) is 68.5 Å². The number of likely N-dealkylation sites (tertiary alicyclic amines) is 1. The van der Waals surface area contributed by atoms with Gasteiger partial charge in [0.05, 0.1) is 18.8 Å². The Balaban J connectivity index is 1.22. The van der Waals surface area contributed by atoms with Crippen LogP contribution in [0.3, 0.4) is 0 Å². The number of aliphatic hydroxyl groups is 1. The SMILES string of the molecule is N[C@@H]1c2ccccc2CC12CCN(c1nc3c(nc1CO)C(N1CCCCC1)=NC3)CC2. The van der Waals surface area contributed by atoms with Gasteiger partial charge >= 0.3 is 0 Å². The van der Waals surface area contributed by atoms with Crippen LogP contribution in [0.1, 0.15) is 66.4 Å². The predicted octanol–water partition coefficient (Wildman–Crippen LogP) is 2.56. The van der Waals surface area contributed by atoms with Gasteiger partial charge in [-0.1, -0.05) is 24.3 Å². The molecule has 0 saturated carbocycles. The van der Waals surface area contributed by atoms with Crippen molar-refractivity contribution in [2.75, 3.05) is 31.1 Å². The van der Waals surface area contributed by atoms with Crippen molar-refractivity contribution < 1.29 is 5.11 Å². The number of nitrogens with zero attached hydrogens (tertiary/aromatic N) is 5. The number of aliphatic hydroxyl groups excluding tert-OH is 1. The van der Waals surface area contributed by atoms with E-state index in [-0.39, 0.29) is 18.1 Å². The lowest BCUT2D eigenvalue weighted by Gasteiger charge is -2.43. The van der Waals surface area contributed by atoms with Crippen LogP contribution < -0.4 is 10.6 Å². The number of hydrogen-bond donors (Lipinski definition) is 2. The summed E-state index contributed by atoms with van der Waals surface area (Å²) in [5, 5.41) is 10.1. The van der Waals surface area contributed by atoms with Gasteiger partial charge in [0.2, 0.25) is 0 Å². The normalized spacial score (nSPS) is 23.9. The molecule has 1 aromatic heterocycles. The summed E-state index contributed by atoms with van der Waals surface area (Å²) >= 11 is 0. The zero-order valence-corrected chi connectivity index (χ0v) is 18.6. The number of fused-ring (bicyclic) bond motifs is 2. The summed E-state index contributed by atoms with van der Waals surface area (Å²) in [5.74, 6) is 1.81. The van der Waals surface area contributed by atoms with Gasteiger partial charge in [0.15, 0.2) is 11.7 Å². The van der Waals surface area contributed by atoms with Crippen molar-refractivity contribution in [3.8, 4) is 0 Å². The monoisotopic (exact) mass is 432 g/mol. The van der Waals surface area contributed by atoms with Gasteiger partial charge in [0.25, 0.3) is 0 Å². The molecule has 6 rings (SSSR count). The summed E-state index contributed by atoms with van der Waals surface area (Å²) in [7, 11) is 0. The Hall–Kier alpha value is -2.51. The van der Waals surface area contributed by atoms with E-state index < -0.39 is 0 Å². The van der Waals surface area contributed by atoms with E-state index in [9.17, 15) is 5.11 Å². The third-order valence-corrected chi connectivity index (χ3v) is 8.07. The molecule has 0 amide bonds. The first-order valence-corrected chi connectivity index (χ1v) is 12.1. The smallest absolute Gasteiger partial charge is 0.153 e. The maximum Gasteiger partial charge on any atom is 0.153 e. The number of rotatable bonds is 2. The molecule has 3 aliphatic heterocycles. The van der Waals surface area contributed by atoms with Gasteiger partial charge in [-0.15, -0.1) is 0 Å². The van der Waals surface area contributed by atoms with E-state index in [1.54, 1.807) is 0 Å². The highest BCUT2D eigenvalue weighted by molar-refractivity contribution is 6.00. The minimum absolute atomic E-state index is 0.102. The van der Waals surface area contributed by atoms with Gasteiger partial charge in [0.1, 0.15) is 11.4 Å². The second-order valence-electron chi connectivity index (χ2n) is 9.84. The molecule has 1 aromatic carbocycles. The molecule has 0 bridgehead atoms. The number of benzene rings is 1. The number of aromatic nitrogens is 2. The zero-order valence-electron chi connectivity index (χ0n) is 18.6. The van der Waals surface area contributed by atoms with Crippen molar-refractivity contribution in [3.05, 3.63) is 52.5 Å². The molecule has 2 saturated heterocycles. The summed E-state index contributed by atoms with van der Waals surface area (Å²) < 4.78 is 0. The number of nitrogens with two attached hydrogens (primary N) is 1. The highest BCUT2D eigenvalue weighted by Crippen LogP contribution is 2.51. The number of amidine groups is 1. The number of hydrogen-bond acceptors (Lipinski definition) is 7. The van der Waals surface area contributed by atoms with Crippen LogP contribution in [0.25, 0.3) is 0 Å². The molecule has 7 nitrogen and oxygen atoms in total. The second kappa shape index (κ2) is 7.81. The summed E-state index contributed by atoms with van der Waals surface area (Å²) in [6.45, 7) is 4.34. The van der Waals surface area contributed by atoms with Gasteiger partial charge < -0.3 is 20.6 Å². The van der Waals surface area contributed by atoms with Crippen molar-refractivity contribution in [2.24, 2.45) is 16.1 Å². The minimum atomic E-state index is -0.102. The summed E-state index contributed by atoms with van der Waals surface area (Å²) in [6, 6.07) is 8.74. The van der Waals surface area contributed by atoms with Crippen LogP contribution in [0.4, 0.5) is 5.82 Å². The molecule has 2 aromatic rings. The Labute approximate surface area is 189 Å². The van der Waals surface area contributed by atoms with Crippen molar-refractivity contribution >= 4 is 11.7 Å². The van der Waals surface area contributed by atoms with Gasteiger partial charge in [-0.3, -0.25) is 4.99 Å². The largest absolute Gasteiger partial charge is 0.390 e. The minimum Gasteiger partial charge on any atom is -0.390 e. The highest BCUT2D eigenvalue weighted by atomic mass is 16.3. The van der Waals surface area contributed by atoms with Crippen LogP contribution >= 0.6 is 0 Å². The number of anilines is 1. The molecule has 168 valence electrons. The number of aliphatic imine (C=N–C) groups is 1. The van der Waals surface area contributed by atoms with E-state index in [1.807, 2.05) is 0 Å². The Morgan fingerprint density at radius 1 is 1.00 bits per heavy atom. The summed E-state index contributed by atoms with van der Waals surface area (Å²) in [6.07, 6.45) is 6.81. The van der Waals surface area contributed by atoms with Gasteiger partial charge in [-0.2, -0.15) is 0 Å². The van der Waals surface area contributed by atoms with Gasteiger partial charge in [0, 0.05) is 32.2 Å². The van der Waals surface area contributed by atoms with Crippen LogP contribution in [-0.4, -0.2) is 52.0 Å². The topological polar surface area (TPSA) is 90.9 Å². The molecule has 3 N–H and O–H groups in total.